The second-order valence-corrected chi connectivity index (χ2v) is 8.50. The van der Waals surface area contributed by atoms with Crippen molar-refractivity contribution in [1.82, 2.24) is 14.2 Å². The van der Waals surface area contributed by atoms with Crippen molar-refractivity contribution in [3.8, 4) is 5.75 Å². The van der Waals surface area contributed by atoms with Gasteiger partial charge in [0, 0.05) is 48.4 Å². The standard InChI is InChI=1S/C21H26F3N3O3S/c1-13-19(31-27-9-7-14(30-24)8-10-27)11-17(26(13)2)21(28)25-12-16-15(20(22)23)5-4-6-18(16)29-3/h4-6,11,14,20H,7-10,12H2,1-3H3,(H,25,28). The number of aromatic nitrogens is 1. The van der Waals surface area contributed by atoms with Gasteiger partial charge >= 0.3 is 0 Å². The number of amides is 1. The highest BCUT2D eigenvalue weighted by Crippen LogP contribution is 2.32. The summed E-state index contributed by atoms with van der Waals surface area (Å²) in [7, 11) is 3.19. The van der Waals surface area contributed by atoms with Crippen LogP contribution in [0, 0.1) is 6.92 Å². The third-order valence-electron chi connectivity index (χ3n) is 5.53. The van der Waals surface area contributed by atoms with E-state index in [1.807, 2.05) is 6.92 Å². The van der Waals surface area contributed by atoms with E-state index in [1.165, 1.54) is 31.2 Å². The van der Waals surface area contributed by atoms with Gasteiger partial charge in [0.25, 0.3) is 12.3 Å². The quantitative estimate of drug-likeness (QED) is 0.588. The van der Waals surface area contributed by atoms with Crippen LogP contribution in [-0.2, 0) is 18.5 Å². The molecular weight excluding hydrogens is 431 g/mol. The zero-order valence-electron chi connectivity index (χ0n) is 17.7. The number of hydrogen-bond donors (Lipinski definition) is 1. The van der Waals surface area contributed by atoms with Gasteiger partial charge in [0.1, 0.15) is 17.5 Å². The van der Waals surface area contributed by atoms with Gasteiger partial charge < -0.3 is 14.6 Å². The Morgan fingerprint density at radius 2 is 2.03 bits per heavy atom. The highest BCUT2D eigenvalue weighted by Gasteiger charge is 2.24. The minimum absolute atomic E-state index is 0.0774. The number of rotatable bonds is 8. The number of carbonyl (C=O) groups is 1. The molecule has 6 nitrogen and oxygen atoms in total. The Balaban J connectivity index is 1.70. The molecule has 1 aromatic heterocycles. The molecule has 0 saturated carbocycles. The maximum Gasteiger partial charge on any atom is 0.268 e. The molecule has 1 amide bonds. The van der Waals surface area contributed by atoms with Crippen LogP contribution in [0.15, 0.2) is 29.2 Å². The minimum atomic E-state index is -2.67. The largest absolute Gasteiger partial charge is 0.496 e. The molecule has 2 heterocycles. The van der Waals surface area contributed by atoms with Crippen molar-refractivity contribution in [2.45, 2.75) is 43.7 Å². The van der Waals surface area contributed by atoms with Crippen LogP contribution in [-0.4, -0.2) is 41.1 Å². The van der Waals surface area contributed by atoms with Crippen LogP contribution >= 0.6 is 11.9 Å². The van der Waals surface area contributed by atoms with Crippen LogP contribution in [0.5, 0.6) is 5.75 Å². The summed E-state index contributed by atoms with van der Waals surface area (Å²) in [5.74, 6) is -0.0637. The molecule has 0 radical (unpaired) electrons. The predicted molar refractivity (Wildman–Crippen MR) is 112 cm³/mol. The summed E-state index contributed by atoms with van der Waals surface area (Å²) in [5, 5.41) is 2.73. The van der Waals surface area contributed by atoms with Crippen LogP contribution in [0.2, 0.25) is 0 Å². The van der Waals surface area contributed by atoms with Crippen molar-refractivity contribution < 1.29 is 27.8 Å². The molecule has 1 aromatic carbocycles. The summed E-state index contributed by atoms with van der Waals surface area (Å²) in [4.78, 5) is 17.7. The molecule has 1 fully saturated rings. The van der Waals surface area contributed by atoms with E-state index in [4.69, 9.17) is 4.74 Å². The van der Waals surface area contributed by atoms with Crippen molar-refractivity contribution in [2.75, 3.05) is 20.2 Å². The molecule has 0 bridgehead atoms. The fourth-order valence-corrected chi connectivity index (χ4v) is 4.66. The SMILES string of the molecule is COc1cccc(C(F)F)c1CNC(=O)c1cc(SN2CCC(OF)CC2)c(C)n1C. The van der Waals surface area contributed by atoms with Crippen LogP contribution < -0.4 is 10.1 Å². The number of methoxy groups -OCH3 is 1. The first-order valence-electron chi connectivity index (χ1n) is 9.94. The van der Waals surface area contributed by atoms with E-state index >= 15 is 0 Å². The molecule has 10 heteroatoms. The lowest BCUT2D eigenvalue weighted by Crippen LogP contribution is -2.31. The van der Waals surface area contributed by atoms with Crippen molar-refractivity contribution >= 4 is 17.9 Å². The summed E-state index contributed by atoms with van der Waals surface area (Å²) in [6.07, 6.45) is -1.82. The average molecular weight is 458 g/mol. The van der Waals surface area contributed by atoms with Gasteiger partial charge in [0.05, 0.1) is 7.11 Å². The van der Waals surface area contributed by atoms with Gasteiger partial charge in [-0.15, -0.1) is 0 Å². The third kappa shape index (κ3) is 5.36. The lowest BCUT2D eigenvalue weighted by molar-refractivity contribution is -0.188. The van der Waals surface area contributed by atoms with E-state index in [9.17, 15) is 18.1 Å². The van der Waals surface area contributed by atoms with Crippen molar-refractivity contribution in [1.29, 1.82) is 0 Å². The zero-order chi connectivity index (χ0) is 22.5. The minimum Gasteiger partial charge on any atom is -0.496 e. The van der Waals surface area contributed by atoms with Crippen LogP contribution in [0.4, 0.5) is 13.3 Å². The van der Waals surface area contributed by atoms with E-state index in [-0.39, 0.29) is 29.7 Å². The van der Waals surface area contributed by atoms with Gasteiger partial charge in [0.2, 0.25) is 0 Å². The Labute approximate surface area is 183 Å². The first-order valence-corrected chi connectivity index (χ1v) is 10.7. The van der Waals surface area contributed by atoms with E-state index in [2.05, 4.69) is 14.6 Å². The number of nitrogens with zero attached hydrogens (tertiary/aromatic N) is 2. The lowest BCUT2D eigenvalue weighted by atomic mass is 10.1. The molecule has 31 heavy (non-hydrogen) atoms. The molecule has 0 spiro atoms. The zero-order valence-corrected chi connectivity index (χ0v) is 18.5. The van der Waals surface area contributed by atoms with E-state index in [0.29, 0.717) is 37.4 Å². The predicted octanol–water partition coefficient (Wildman–Crippen LogP) is 4.58. The van der Waals surface area contributed by atoms with Gasteiger partial charge in [-0.25, -0.2) is 13.1 Å². The smallest absolute Gasteiger partial charge is 0.268 e. The highest BCUT2D eigenvalue weighted by atomic mass is 32.2. The lowest BCUT2D eigenvalue weighted by Gasteiger charge is -2.28. The summed E-state index contributed by atoms with van der Waals surface area (Å²) in [6.45, 7) is 3.19. The summed E-state index contributed by atoms with van der Waals surface area (Å²) in [5.41, 5.74) is 1.42. The Bertz CT molecular complexity index is 915. The Morgan fingerprint density at radius 3 is 2.65 bits per heavy atom. The first-order chi connectivity index (χ1) is 14.8. The molecule has 0 aliphatic carbocycles. The van der Waals surface area contributed by atoms with E-state index in [1.54, 1.807) is 23.7 Å². The number of piperidine rings is 1. The molecule has 0 atom stereocenters. The van der Waals surface area contributed by atoms with Gasteiger partial charge in [-0.3, -0.25) is 4.79 Å². The van der Waals surface area contributed by atoms with Gasteiger partial charge in [-0.2, -0.15) is 4.94 Å². The summed E-state index contributed by atoms with van der Waals surface area (Å²) in [6, 6.07) is 6.20. The van der Waals surface area contributed by atoms with Crippen molar-refractivity contribution in [3.05, 3.63) is 46.8 Å². The molecule has 1 aliphatic rings. The molecule has 170 valence electrons. The monoisotopic (exact) mass is 457 g/mol. The Hall–Kier alpha value is -2.17. The van der Waals surface area contributed by atoms with Gasteiger partial charge in [-0.05, 0) is 48.4 Å². The Kier molecular flexibility index (Phi) is 7.90. The summed E-state index contributed by atoms with van der Waals surface area (Å²) < 4.78 is 48.2. The van der Waals surface area contributed by atoms with Gasteiger partial charge in [0.15, 0.2) is 0 Å². The third-order valence-corrected chi connectivity index (χ3v) is 6.76. The maximum atomic E-state index is 13.4. The van der Waals surface area contributed by atoms with Crippen LogP contribution in [0.25, 0.3) is 0 Å². The van der Waals surface area contributed by atoms with E-state index in [0.717, 1.165) is 10.6 Å². The van der Waals surface area contributed by atoms with Crippen LogP contribution in [0.1, 0.15) is 46.6 Å². The van der Waals surface area contributed by atoms with Gasteiger partial charge in [-0.1, -0.05) is 12.1 Å². The number of alkyl halides is 2. The second kappa shape index (κ2) is 10.4. The highest BCUT2D eigenvalue weighted by molar-refractivity contribution is 7.97. The summed E-state index contributed by atoms with van der Waals surface area (Å²) >= 11 is 1.52. The molecule has 1 N–H and O–H groups in total. The molecule has 1 saturated heterocycles. The second-order valence-electron chi connectivity index (χ2n) is 7.36. The average Bonchev–Trinajstić information content (AvgIpc) is 3.06. The molecule has 2 aromatic rings. The van der Waals surface area contributed by atoms with E-state index < -0.39 is 6.43 Å². The van der Waals surface area contributed by atoms with Crippen molar-refractivity contribution in [3.63, 3.8) is 0 Å². The number of hydrogen-bond acceptors (Lipinski definition) is 5. The number of ether oxygens (including phenoxy) is 1. The number of carbonyl (C=O) groups excluding carboxylic acids is 1. The molecule has 1 aliphatic heterocycles. The fourth-order valence-electron chi connectivity index (χ4n) is 3.56. The fraction of sp³-hybridized carbons (Fsp3) is 0.476. The first kappa shape index (κ1) is 23.5. The van der Waals surface area contributed by atoms with Crippen LogP contribution in [0.3, 0.4) is 0 Å². The topological polar surface area (TPSA) is 55.7 Å². The Morgan fingerprint density at radius 1 is 1.32 bits per heavy atom. The number of benzene rings is 1. The number of nitrogens with one attached hydrogen (secondary N) is 1. The normalized spacial score (nSPS) is 15.5. The number of halogens is 3. The molecule has 0 unspecified atom stereocenters. The van der Waals surface area contributed by atoms with Crippen molar-refractivity contribution in [2.24, 2.45) is 7.05 Å². The molecular formula is C21H26F3N3O3S. The molecule has 3 rings (SSSR count). The maximum absolute atomic E-state index is 13.4.